The number of carboxylic acids is 1. The quantitative estimate of drug-likeness (QED) is 0.797. The Balaban J connectivity index is 3.32. The number of aromatic carboxylic acids is 1. The van der Waals surface area contributed by atoms with Crippen molar-refractivity contribution in [1.29, 1.82) is 0 Å². The molecule has 0 saturated heterocycles. The lowest BCUT2D eigenvalue weighted by atomic mass is 10.2. The number of H-pyrrole nitrogens is 1. The molecule has 1 aromatic heterocycles. The van der Waals surface area contributed by atoms with Gasteiger partial charge in [-0.25, -0.2) is 13.2 Å². The lowest BCUT2D eigenvalue weighted by molar-refractivity contribution is 0.0691. The van der Waals surface area contributed by atoms with Crippen molar-refractivity contribution in [3.8, 4) is 0 Å². The molecule has 0 spiro atoms. The van der Waals surface area contributed by atoms with Gasteiger partial charge in [0.2, 0.25) is 5.03 Å². The van der Waals surface area contributed by atoms with Gasteiger partial charge in [-0.05, 0) is 18.8 Å². The van der Waals surface area contributed by atoms with Gasteiger partial charge in [-0.2, -0.15) is 9.40 Å². The van der Waals surface area contributed by atoms with Crippen LogP contribution < -0.4 is 0 Å². The van der Waals surface area contributed by atoms with Gasteiger partial charge in [-0.3, -0.25) is 5.10 Å². The molecule has 8 heteroatoms. The summed E-state index contributed by atoms with van der Waals surface area (Å²) < 4.78 is 26.8. The zero-order valence-corrected chi connectivity index (χ0v) is 13.9. The Morgan fingerprint density at radius 2 is 1.71 bits per heavy atom. The minimum absolute atomic E-state index is 0.131. The number of aromatic amines is 1. The first-order valence-corrected chi connectivity index (χ1v) is 8.29. The summed E-state index contributed by atoms with van der Waals surface area (Å²) in [6, 6.07) is 0. The van der Waals surface area contributed by atoms with Crippen molar-refractivity contribution >= 4 is 16.0 Å². The summed E-state index contributed by atoms with van der Waals surface area (Å²) in [6.45, 7) is 9.79. The molecule has 0 unspecified atom stereocenters. The van der Waals surface area contributed by atoms with Crippen LogP contribution in [-0.4, -0.2) is 47.1 Å². The number of nitrogens with zero attached hydrogens (tertiary/aromatic N) is 2. The van der Waals surface area contributed by atoms with Crippen molar-refractivity contribution in [2.75, 3.05) is 13.1 Å². The van der Waals surface area contributed by atoms with Crippen LogP contribution in [0, 0.1) is 18.8 Å². The molecule has 1 aromatic rings. The van der Waals surface area contributed by atoms with E-state index in [1.54, 1.807) is 0 Å². The lowest BCUT2D eigenvalue weighted by Crippen LogP contribution is -2.37. The maximum atomic E-state index is 12.7. The Bertz CT molecular complexity index is 595. The highest BCUT2D eigenvalue weighted by Crippen LogP contribution is 2.22. The van der Waals surface area contributed by atoms with Crippen molar-refractivity contribution in [2.24, 2.45) is 11.8 Å². The number of aromatic nitrogens is 2. The van der Waals surface area contributed by atoms with E-state index >= 15 is 0 Å². The molecule has 2 N–H and O–H groups in total. The number of carboxylic acid groups (broad SMARTS) is 1. The Labute approximate surface area is 125 Å². The number of hydrogen-bond acceptors (Lipinski definition) is 4. The number of sulfonamides is 1. The van der Waals surface area contributed by atoms with E-state index in [1.807, 2.05) is 27.7 Å². The van der Waals surface area contributed by atoms with E-state index in [1.165, 1.54) is 11.2 Å². The van der Waals surface area contributed by atoms with Crippen LogP contribution in [0.5, 0.6) is 0 Å². The number of rotatable bonds is 7. The van der Waals surface area contributed by atoms with Gasteiger partial charge in [0.1, 0.15) is 5.56 Å². The summed E-state index contributed by atoms with van der Waals surface area (Å²) in [5, 5.41) is 15.0. The van der Waals surface area contributed by atoms with E-state index in [-0.39, 0.29) is 23.1 Å². The maximum Gasteiger partial charge on any atom is 0.340 e. The molecule has 7 nitrogen and oxygen atoms in total. The third-order valence-electron chi connectivity index (χ3n) is 2.85. The molecule has 0 fully saturated rings. The summed E-state index contributed by atoms with van der Waals surface area (Å²) in [5.74, 6) is -1.03. The van der Waals surface area contributed by atoms with Crippen molar-refractivity contribution in [1.82, 2.24) is 14.5 Å². The van der Waals surface area contributed by atoms with Gasteiger partial charge >= 0.3 is 5.97 Å². The van der Waals surface area contributed by atoms with E-state index in [0.717, 1.165) is 0 Å². The normalized spacial score (nSPS) is 12.6. The van der Waals surface area contributed by atoms with Crippen LogP contribution >= 0.6 is 0 Å². The number of carbonyl (C=O) groups is 1. The van der Waals surface area contributed by atoms with E-state index < -0.39 is 21.0 Å². The van der Waals surface area contributed by atoms with Crippen LogP contribution in [0.2, 0.25) is 0 Å². The first-order chi connectivity index (χ1) is 9.57. The molecular weight excluding hydrogens is 294 g/mol. The second kappa shape index (κ2) is 6.57. The van der Waals surface area contributed by atoms with Crippen molar-refractivity contribution in [3.05, 3.63) is 11.3 Å². The molecule has 1 rings (SSSR count). The second-order valence-corrected chi connectivity index (χ2v) is 7.80. The largest absolute Gasteiger partial charge is 0.478 e. The fourth-order valence-electron chi connectivity index (χ4n) is 2.05. The first-order valence-electron chi connectivity index (χ1n) is 6.85. The van der Waals surface area contributed by atoms with Gasteiger partial charge in [-0.1, -0.05) is 27.7 Å². The third-order valence-corrected chi connectivity index (χ3v) is 4.61. The van der Waals surface area contributed by atoms with Crippen LogP contribution in [0.4, 0.5) is 0 Å². The maximum absolute atomic E-state index is 12.7. The van der Waals surface area contributed by atoms with Gasteiger partial charge in [0.25, 0.3) is 10.0 Å². The molecule has 120 valence electrons. The Kier molecular flexibility index (Phi) is 5.52. The van der Waals surface area contributed by atoms with Gasteiger partial charge in [-0.15, -0.1) is 0 Å². The molecule has 1 heterocycles. The van der Waals surface area contributed by atoms with E-state index in [0.29, 0.717) is 13.1 Å². The average Bonchev–Trinajstić information content (AvgIpc) is 2.69. The van der Waals surface area contributed by atoms with Crippen LogP contribution in [0.25, 0.3) is 0 Å². The smallest absolute Gasteiger partial charge is 0.340 e. The van der Waals surface area contributed by atoms with Crippen molar-refractivity contribution in [2.45, 2.75) is 39.6 Å². The van der Waals surface area contributed by atoms with Gasteiger partial charge in [0.15, 0.2) is 0 Å². The molecule has 0 aromatic carbocycles. The predicted molar refractivity (Wildman–Crippen MR) is 78.7 cm³/mol. The second-order valence-electron chi connectivity index (χ2n) is 5.94. The fourth-order valence-corrected chi connectivity index (χ4v) is 3.95. The van der Waals surface area contributed by atoms with Gasteiger partial charge in [0.05, 0.1) is 0 Å². The van der Waals surface area contributed by atoms with E-state index in [9.17, 15) is 18.3 Å². The van der Waals surface area contributed by atoms with Crippen LogP contribution in [-0.2, 0) is 10.0 Å². The number of aryl methyl sites for hydroxylation is 1. The van der Waals surface area contributed by atoms with E-state index in [2.05, 4.69) is 10.2 Å². The van der Waals surface area contributed by atoms with Crippen molar-refractivity contribution in [3.63, 3.8) is 0 Å². The molecule has 0 aliphatic heterocycles. The Hall–Kier alpha value is -1.41. The van der Waals surface area contributed by atoms with Crippen molar-refractivity contribution < 1.29 is 18.3 Å². The molecule has 0 bridgehead atoms. The molecule has 0 radical (unpaired) electrons. The highest BCUT2D eigenvalue weighted by atomic mass is 32.2. The Morgan fingerprint density at radius 1 is 1.24 bits per heavy atom. The SMILES string of the molecule is Cc1[nH]nc(S(=O)(=O)N(CC(C)C)CC(C)C)c1C(=O)O. The standard InChI is InChI=1S/C13H23N3O4S/c1-8(2)6-16(7-9(3)4)21(19,20)12-11(13(17)18)10(5)14-15-12/h8-9H,6-7H2,1-5H3,(H,14,15)(H,17,18). The third kappa shape index (κ3) is 4.04. The molecule has 21 heavy (non-hydrogen) atoms. The predicted octanol–water partition coefficient (Wildman–Crippen LogP) is 1.72. The summed E-state index contributed by atoms with van der Waals surface area (Å²) >= 11 is 0. The molecule has 0 saturated carbocycles. The number of hydrogen-bond donors (Lipinski definition) is 2. The lowest BCUT2D eigenvalue weighted by Gasteiger charge is -2.24. The molecule has 0 aliphatic rings. The zero-order valence-electron chi connectivity index (χ0n) is 13.0. The molecule has 0 atom stereocenters. The molecular formula is C13H23N3O4S. The van der Waals surface area contributed by atoms with Gasteiger partial charge in [0, 0.05) is 18.8 Å². The monoisotopic (exact) mass is 317 g/mol. The highest BCUT2D eigenvalue weighted by molar-refractivity contribution is 7.89. The molecule has 0 aliphatic carbocycles. The van der Waals surface area contributed by atoms with E-state index in [4.69, 9.17) is 0 Å². The minimum atomic E-state index is -3.94. The van der Waals surface area contributed by atoms with Crippen LogP contribution in [0.1, 0.15) is 43.7 Å². The minimum Gasteiger partial charge on any atom is -0.478 e. The summed E-state index contributed by atoms with van der Waals surface area (Å²) in [7, 11) is -3.94. The molecule has 0 amide bonds. The zero-order chi connectivity index (χ0) is 16.4. The first kappa shape index (κ1) is 17.6. The summed E-state index contributed by atoms with van der Waals surface area (Å²) in [5.41, 5.74) is -0.0531. The fraction of sp³-hybridized carbons (Fsp3) is 0.692. The van der Waals surface area contributed by atoms with Crippen LogP contribution in [0.3, 0.4) is 0 Å². The summed E-state index contributed by atoms with van der Waals surface area (Å²) in [4.78, 5) is 11.3. The summed E-state index contributed by atoms with van der Waals surface area (Å²) in [6.07, 6.45) is 0. The van der Waals surface area contributed by atoms with Gasteiger partial charge < -0.3 is 5.11 Å². The average molecular weight is 317 g/mol. The number of nitrogens with one attached hydrogen (secondary N) is 1. The topological polar surface area (TPSA) is 103 Å². The Morgan fingerprint density at radius 3 is 2.10 bits per heavy atom. The highest BCUT2D eigenvalue weighted by Gasteiger charge is 2.33. The van der Waals surface area contributed by atoms with Crippen LogP contribution in [0.15, 0.2) is 5.03 Å².